The van der Waals surface area contributed by atoms with Gasteiger partial charge in [-0.2, -0.15) is 5.10 Å². The highest BCUT2D eigenvalue weighted by Crippen LogP contribution is 2.26. The first kappa shape index (κ1) is 15.2. The van der Waals surface area contributed by atoms with Crippen LogP contribution < -0.4 is 4.74 Å². The third kappa shape index (κ3) is 3.45. The number of hydrogen-bond acceptors (Lipinski definition) is 4. The van der Waals surface area contributed by atoms with E-state index in [-0.39, 0.29) is 12.1 Å². The Morgan fingerprint density at radius 1 is 1.55 bits per heavy atom. The van der Waals surface area contributed by atoms with Gasteiger partial charge in [0.25, 0.3) is 0 Å². The Morgan fingerprint density at radius 3 is 2.70 bits per heavy atom. The molecule has 1 saturated heterocycles. The number of likely N-dealkylation sites (tertiary alicyclic amines) is 1. The summed E-state index contributed by atoms with van der Waals surface area (Å²) < 4.78 is 13.5. The van der Waals surface area contributed by atoms with E-state index in [1.165, 1.54) is 0 Å². The second kappa shape index (κ2) is 5.63. The summed E-state index contributed by atoms with van der Waals surface area (Å²) in [5.41, 5.74) is -0.468. The molecule has 0 radical (unpaired) electrons. The largest absolute Gasteiger partial charge is 0.487 e. The number of aromatic nitrogens is 2. The van der Waals surface area contributed by atoms with E-state index in [1.807, 2.05) is 27.8 Å². The molecule has 0 bridgehead atoms. The van der Waals surface area contributed by atoms with Gasteiger partial charge in [-0.3, -0.25) is 4.68 Å². The summed E-state index contributed by atoms with van der Waals surface area (Å²) in [5, 5.41) is 4.08. The summed E-state index contributed by atoms with van der Waals surface area (Å²) in [6.07, 6.45) is 2.31. The Labute approximate surface area is 127 Å². The van der Waals surface area contributed by atoms with Crippen molar-refractivity contribution in [3.05, 3.63) is 10.8 Å². The molecule has 0 N–H and O–H groups in total. The third-order valence-electron chi connectivity index (χ3n) is 3.04. The van der Waals surface area contributed by atoms with Gasteiger partial charge in [-0.25, -0.2) is 4.79 Å². The molecule has 1 aromatic heterocycles. The maximum absolute atomic E-state index is 12.0. The van der Waals surface area contributed by atoms with Crippen LogP contribution in [0.1, 0.15) is 27.2 Å². The van der Waals surface area contributed by atoms with E-state index in [0.717, 1.165) is 17.6 Å². The Kier molecular flexibility index (Phi) is 4.27. The van der Waals surface area contributed by atoms with E-state index in [4.69, 9.17) is 9.47 Å². The quantitative estimate of drug-likeness (QED) is 0.844. The Bertz CT molecular complexity index is 496. The SMILES string of the molecule is Cn1ncc(OC[C@H]2CCN2C(=O)OC(C)(C)C)c1Br. The molecule has 0 saturated carbocycles. The fourth-order valence-corrected chi connectivity index (χ4v) is 2.17. The number of aryl methyl sites for hydroxylation is 1. The number of carbonyl (C=O) groups is 1. The molecule has 1 aliphatic heterocycles. The molecule has 1 aliphatic rings. The normalized spacial score (nSPS) is 18.6. The van der Waals surface area contributed by atoms with E-state index < -0.39 is 5.60 Å². The lowest BCUT2D eigenvalue weighted by Gasteiger charge is -2.40. The molecule has 0 unspecified atom stereocenters. The molecule has 1 fully saturated rings. The van der Waals surface area contributed by atoms with E-state index in [9.17, 15) is 4.79 Å². The van der Waals surface area contributed by atoms with Crippen LogP contribution in [0.3, 0.4) is 0 Å². The summed E-state index contributed by atoms with van der Waals surface area (Å²) >= 11 is 3.39. The van der Waals surface area contributed by atoms with Crippen molar-refractivity contribution in [2.75, 3.05) is 13.2 Å². The molecular formula is C13H20BrN3O3. The third-order valence-corrected chi connectivity index (χ3v) is 3.94. The molecule has 0 aliphatic carbocycles. The van der Waals surface area contributed by atoms with Crippen molar-refractivity contribution in [1.29, 1.82) is 0 Å². The van der Waals surface area contributed by atoms with Crippen LogP contribution in [0.25, 0.3) is 0 Å². The Hall–Kier alpha value is -1.24. The monoisotopic (exact) mass is 345 g/mol. The van der Waals surface area contributed by atoms with Gasteiger partial charge in [0.2, 0.25) is 0 Å². The summed E-state index contributed by atoms with van der Waals surface area (Å²) in [6, 6.07) is 0.0666. The van der Waals surface area contributed by atoms with Gasteiger partial charge >= 0.3 is 6.09 Å². The topological polar surface area (TPSA) is 56.6 Å². The van der Waals surface area contributed by atoms with Crippen molar-refractivity contribution in [1.82, 2.24) is 14.7 Å². The van der Waals surface area contributed by atoms with Crippen LogP contribution in [-0.4, -0.2) is 45.6 Å². The van der Waals surface area contributed by atoms with E-state index >= 15 is 0 Å². The van der Waals surface area contributed by atoms with Crippen molar-refractivity contribution in [3.8, 4) is 5.75 Å². The highest BCUT2D eigenvalue weighted by molar-refractivity contribution is 9.10. The van der Waals surface area contributed by atoms with Gasteiger partial charge in [0, 0.05) is 13.6 Å². The molecule has 2 heterocycles. The van der Waals surface area contributed by atoms with E-state index in [0.29, 0.717) is 12.4 Å². The average Bonchev–Trinajstić information content (AvgIpc) is 2.56. The molecular weight excluding hydrogens is 326 g/mol. The molecule has 1 aromatic rings. The molecule has 2 rings (SSSR count). The van der Waals surface area contributed by atoms with Crippen LogP contribution in [0.5, 0.6) is 5.75 Å². The van der Waals surface area contributed by atoms with Crippen LogP contribution in [0.2, 0.25) is 0 Å². The smallest absolute Gasteiger partial charge is 0.410 e. The number of ether oxygens (including phenoxy) is 2. The Morgan fingerprint density at radius 2 is 2.25 bits per heavy atom. The van der Waals surface area contributed by atoms with Gasteiger partial charge in [-0.15, -0.1) is 0 Å². The number of rotatable bonds is 3. The second-order valence-electron chi connectivity index (χ2n) is 5.85. The van der Waals surface area contributed by atoms with Gasteiger partial charge in [-0.1, -0.05) is 0 Å². The summed E-state index contributed by atoms with van der Waals surface area (Å²) in [4.78, 5) is 13.7. The number of hydrogen-bond donors (Lipinski definition) is 0. The molecule has 0 spiro atoms. The standard InChI is InChI=1S/C13H20BrN3O3/c1-13(2,3)20-12(18)17-6-5-9(17)8-19-10-7-15-16(4)11(10)14/h7,9H,5-6,8H2,1-4H3/t9-/m1/s1. The maximum Gasteiger partial charge on any atom is 0.410 e. The minimum Gasteiger partial charge on any atom is -0.487 e. The molecule has 0 aromatic carbocycles. The number of carbonyl (C=O) groups excluding carboxylic acids is 1. The minimum absolute atomic E-state index is 0.0666. The van der Waals surface area contributed by atoms with Gasteiger partial charge in [0.15, 0.2) is 5.75 Å². The summed E-state index contributed by atoms with van der Waals surface area (Å²) in [7, 11) is 1.83. The van der Waals surface area contributed by atoms with Crippen LogP contribution in [-0.2, 0) is 11.8 Å². The highest BCUT2D eigenvalue weighted by Gasteiger charge is 2.35. The van der Waals surface area contributed by atoms with Crippen LogP contribution in [0.4, 0.5) is 4.79 Å². The zero-order valence-electron chi connectivity index (χ0n) is 12.2. The van der Waals surface area contributed by atoms with Crippen LogP contribution in [0.15, 0.2) is 10.8 Å². The first-order chi connectivity index (χ1) is 9.28. The fourth-order valence-electron chi connectivity index (χ4n) is 1.86. The van der Waals surface area contributed by atoms with Gasteiger partial charge in [-0.05, 0) is 43.1 Å². The van der Waals surface area contributed by atoms with E-state index in [1.54, 1.807) is 15.8 Å². The lowest BCUT2D eigenvalue weighted by Crippen LogP contribution is -2.55. The van der Waals surface area contributed by atoms with Gasteiger partial charge in [0.05, 0.1) is 12.2 Å². The summed E-state index contributed by atoms with van der Waals surface area (Å²) in [5.74, 6) is 0.684. The van der Waals surface area contributed by atoms with Crippen molar-refractivity contribution < 1.29 is 14.3 Å². The van der Waals surface area contributed by atoms with Crippen molar-refractivity contribution in [3.63, 3.8) is 0 Å². The Balaban J connectivity index is 1.85. The molecule has 20 heavy (non-hydrogen) atoms. The van der Waals surface area contributed by atoms with Crippen LogP contribution >= 0.6 is 15.9 Å². The molecule has 6 nitrogen and oxygen atoms in total. The minimum atomic E-state index is -0.468. The summed E-state index contributed by atoms with van der Waals surface area (Å²) in [6.45, 7) is 6.76. The van der Waals surface area contributed by atoms with Gasteiger partial charge < -0.3 is 14.4 Å². The lowest BCUT2D eigenvalue weighted by molar-refractivity contribution is -0.0142. The number of halogens is 1. The van der Waals surface area contributed by atoms with E-state index in [2.05, 4.69) is 21.0 Å². The van der Waals surface area contributed by atoms with Crippen molar-refractivity contribution in [2.45, 2.75) is 38.8 Å². The first-order valence-electron chi connectivity index (χ1n) is 6.58. The number of amides is 1. The predicted molar refractivity (Wildman–Crippen MR) is 77.7 cm³/mol. The van der Waals surface area contributed by atoms with Crippen molar-refractivity contribution in [2.24, 2.45) is 7.05 Å². The van der Waals surface area contributed by atoms with Gasteiger partial charge in [0.1, 0.15) is 16.8 Å². The predicted octanol–water partition coefficient (Wildman–Crippen LogP) is 2.57. The first-order valence-corrected chi connectivity index (χ1v) is 7.37. The number of nitrogens with zero attached hydrogens (tertiary/aromatic N) is 3. The molecule has 1 amide bonds. The van der Waals surface area contributed by atoms with Crippen molar-refractivity contribution >= 4 is 22.0 Å². The van der Waals surface area contributed by atoms with Crippen LogP contribution in [0, 0.1) is 0 Å². The molecule has 112 valence electrons. The highest BCUT2D eigenvalue weighted by atomic mass is 79.9. The lowest BCUT2D eigenvalue weighted by atomic mass is 10.1. The average molecular weight is 346 g/mol. The molecule has 7 heteroatoms. The second-order valence-corrected chi connectivity index (χ2v) is 6.60. The zero-order chi connectivity index (χ0) is 14.9. The zero-order valence-corrected chi connectivity index (χ0v) is 13.8. The molecule has 1 atom stereocenters. The fraction of sp³-hybridized carbons (Fsp3) is 0.692. The maximum atomic E-state index is 12.0.